The molecule has 1 aliphatic heterocycles. The van der Waals surface area contributed by atoms with E-state index in [1.54, 1.807) is 0 Å². The second-order valence-electron chi connectivity index (χ2n) is 4.32. The highest BCUT2D eigenvalue weighted by molar-refractivity contribution is 5.69. The van der Waals surface area contributed by atoms with Crippen LogP contribution in [-0.4, -0.2) is 40.2 Å². The molecule has 0 aliphatic carbocycles. The van der Waals surface area contributed by atoms with Crippen LogP contribution in [0.2, 0.25) is 0 Å². The largest absolute Gasteiger partial charge is 0.376 e. The van der Waals surface area contributed by atoms with Crippen LogP contribution in [0.5, 0.6) is 0 Å². The van der Waals surface area contributed by atoms with Crippen LogP contribution in [0.15, 0.2) is 6.33 Å². The summed E-state index contributed by atoms with van der Waals surface area (Å²) in [6, 6.07) is 0.0306. The van der Waals surface area contributed by atoms with Gasteiger partial charge in [-0.25, -0.2) is 9.97 Å². The van der Waals surface area contributed by atoms with Gasteiger partial charge in [-0.05, 0) is 20.3 Å². The summed E-state index contributed by atoms with van der Waals surface area (Å²) in [4.78, 5) is 18.6. The third-order valence-corrected chi connectivity index (χ3v) is 3.05. The number of ether oxygens (including phenoxy) is 1. The number of hydrogen-bond acceptors (Lipinski definition) is 7. The number of anilines is 2. The number of nitrogens with zero attached hydrogens (tertiary/aromatic N) is 3. The first-order valence-corrected chi connectivity index (χ1v) is 6.25. The van der Waals surface area contributed by atoms with E-state index in [0.717, 1.165) is 6.42 Å². The molecule has 0 radical (unpaired) electrons. The highest BCUT2D eigenvalue weighted by Gasteiger charge is 2.29. The van der Waals surface area contributed by atoms with Gasteiger partial charge in [-0.1, -0.05) is 0 Å². The Balaban J connectivity index is 2.28. The smallest absolute Gasteiger partial charge is 0.353 e. The second-order valence-corrected chi connectivity index (χ2v) is 4.32. The van der Waals surface area contributed by atoms with E-state index >= 15 is 0 Å². The van der Waals surface area contributed by atoms with Crippen molar-refractivity contribution in [3.63, 3.8) is 0 Å². The Labute approximate surface area is 110 Å². The molecule has 1 fully saturated rings. The van der Waals surface area contributed by atoms with E-state index in [2.05, 4.69) is 20.6 Å². The summed E-state index contributed by atoms with van der Waals surface area (Å²) in [7, 11) is 0. The average molecular weight is 267 g/mol. The number of rotatable bonds is 5. The van der Waals surface area contributed by atoms with Crippen molar-refractivity contribution in [1.29, 1.82) is 0 Å². The lowest BCUT2D eigenvalue weighted by atomic mass is 10.1. The fourth-order valence-electron chi connectivity index (χ4n) is 2.05. The molecule has 2 N–H and O–H groups in total. The van der Waals surface area contributed by atoms with E-state index in [1.165, 1.54) is 6.33 Å². The molecular weight excluding hydrogens is 250 g/mol. The Bertz CT molecular complexity index is 468. The SMILES string of the molecule is CCNc1ncnc(NC2CCOC2C)c1[N+](=O)[O-]. The molecule has 8 nitrogen and oxygen atoms in total. The average Bonchev–Trinajstić information content (AvgIpc) is 2.75. The van der Waals surface area contributed by atoms with Gasteiger partial charge >= 0.3 is 5.69 Å². The fourth-order valence-corrected chi connectivity index (χ4v) is 2.05. The minimum absolute atomic E-state index is 0.0113. The van der Waals surface area contributed by atoms with Crippen LogP contribution in [0.1, 0.15) is 20.3 Å². The summed E-state index contributed by atoms with van der Waals surface area (Å²) in [5.41, 5.74) is -0.122. The lowest BCUT2D eigenvalue weighted by Crippen LogP contribution is -2.27. The first-order chi connectivity index (χ1) is 9.13. The second kappa shape index (κ2) is 5.79. The molecule has 8 heteroatoms. The van der Waals surface area contributed by atoms with Crippen molar-refractivity contribution in [2.24, 2.45) is 0 Å². The van der Waals surface area contributed by atoms with Crippen molar-refractivity contribution in [1.82, 2.24) is 9.97 Å². The topological polar surface area (TPSA) is 102 Å². The Kier molecular flexibility index (Phi) is 4.10. The highest BCUT2D eigenvalue weighted by Crippen LogP contribution is 2.30. The summed E-state index contributed by atoms with van der Waals surface area (Å²) >= 11 is 0. The van der Waals surface area contributed by atoms with Crippen molar-refractivity contribution in [2.45, 2.75) is 32.4 Å². The lowest BCUT2D eigenvalue weighted by Gasteiger charge is -2.17. The third-order valence-electron chi connectivity index (χ3n) is 3.05. The van der Waals surface area contributed by atoms with Gasteiger partial charge in [0.15, 0.2) is 0 Å². The Morgan fingerprint density at radius 1 is 1.53 bits per heavy atom. The van der Waals surface area contributed by atoms with Crippen LogP contribution < -0.4 is 10.6 Å². The molecule has 0 saturated carbocycles. The van der Waals surface area contributed by atoms with E-state index in [4.69, 9.17) is 4.74 Å². The zero-order valence-corrected chi connectivity index (χ0v) is 10.9. The van der Waals surface area contributed by atoms with E-state index in [-0.39, 0.29) is 29.5 Å². The van der Waals surface area contributed by atoms with Crippen molar-refractivity contribution in [2.75, 3.05) is 23.8 Å². The quantitative estimate of drug-likeness (QED) is 0.614. The van der Waals surface area contributed by atoms with Gasteiger partial charge in [0, 0.05) is 13.2 Å². The van der Waals surface area contributed by atoms with E-state index in [0.29, 0.717) is 13.2 Å². The fraction of sp³-hybridized carbons (Fsp3) is 0.636. The Hall–Kier alpha value is -1.96. The van der Waals surface area contributed by atoms with Crippen LogP contribution in [-0.2, 0) is 4.74 Å². The molecule has 0 bridgehead atoms. The van der Waals surface area contributed by atoms with Gasteiger partial charge in [0.1, 0.15) is 6.33 Å². The Morgan fingerprint density at radius 3 is 2.84 bits per heavy atom. The maximum Gasteiger partial charge on any atom is 0.353 e. The number of aromatic nitrogens is 2. The first kappa shape index (κ1) is 13.5. The van der Waals surface area contributed by atoms with Gasteiger partial charge in [0.2, 0.25) is 11.6 Å². The van der Waals surface area contributed by atoms with Crippen LogP contribution >= 0.6 is 0 Å². The van der Waals surface area contributed by atoms with Crippen molar-refractivity contribution in [3.8, 4) is 0 Å². The third kappa shape index (κ3) is 2.90. The zero-order chi connectivity index (χ0) is 13.8. The predicted molar refractivity (Wildman–Crippen MR) is 70.3 cm³/mol. The summed E-state index contributed by atoms with van der Waals surface area (Å²) in [5.74, 6) is 0.467. The normalized spacial score (nSPS) is 22.2. The molecule has 1 saturated heterocycles. The lowest BCUT2D eigenvalue weighted by molar-refractivity contribution is -0.383. The van der Waals surface area contributed by atoms with E-state index < -0.39 is 4.92 Å². The van der Waals surface area contributed by atoms with Gasteiger partial charge in [-0.15, -0.1) is 0 Å². The van der Waals surface area contributed by atoms with Crippen molar-refractivity contribution >= 4 is 17.3 Å². The van der Waals surface area contributed by atoms with E-state index in [9.17, 15) is 10.1 Å². The first-order valence-electron chi connectivity index (χ1n) is 6.25. The molecule has 2 unspecified atom stereocenters. The molecule has 104 valence electrons. The van der Waals surface area contributed by atoms with Crippen LogP contribution in [0, 0.1) is 10.1 Å². The molecular formula is C11H17N5O3. The van der Waals surface area contributed by atoms with Crippen molar-refractivity contribution in [3.05, 3.63) is 16.4 Å². The highest BCUT2D eigenvalue weighted by atomic mass is 16.6. The molecule has 0 spiro atoms. The molecule has 1 aromatic heterocycles. The monoisotopic (exact) mass is 267 g/mol. The summed E-state index contributed by atoms with van der Waals surface area (Å²) in [6.07, 6.45) is 2.13. The van der Waals surface area contributed by atoms with E-state index in [1.807, 2.05) is 13.8 Å². The van der Waals surface area contributed by atoms with Crippen LogP contribution in [0.3, 0.4) is 0 Å². The number of nitro groups is 1. The maximum absolute atomic E-state index is 11.2. The van der Waals surface area contributed by atoms with Gasteiger partial charge in [-0.3, -0.25) is 10.1 Å². The summed E-state index contributed by atoms with van der Waals surface area (Å²) in [5, 5.41) is 17.1. The van der Waals surface area contributed by atoms with Gasteiger partial charge in [0.05, 0.1) is 17.1 Å². The number of hydrogen-bond donors (Lipinski definition) is 2. The molecule has 2 heterocycles. The molecule has 0 amide bonds. The summed E-state index contributed by atoms with van der Waals surface area (Å²) in [6.45, 7) is 4.99. The minimum Gasteiger partial charge on any atom is -0.376 e. The number of nitrogens with one attached hydrogen (secondary N) is 2. The minimum atomic E-state index is -0.471. The zero-order valence-electron chi connectivity index (χ0n) is 10.9. The van der Waals surface area contributed by atoms with Gasteiger partial charge in [-0.2, -0.15) is 0 Å². The molecule has 0 aromatic carbocycles. The van der Waals surface area contributed by atoms with Crippen LogP contribution in [0.25, 0.3) is 0 Å². The maximum atomic E-state index is 11.2. The van der Waals surface area contributed by atoms with Crippen molar-refractivity contribution < 1.29 is 9.66 Å². The predicted octanol–water partition coefficient (Wildman–Crippen LogP) is 1.41. The molecule has 2 rings (SSSR count). The van der Waals surface area contributed by atoms with Gasteiger partial charge < -0.3 is 15.4 Å². The molecule has 19 heavy (non-hydrogen) atoms. The summed E-state index contributed by atoms with van der Waals surface area (Å²) < 4.78 is 5.42. The molecule has 2 atom stereocenters. The standard InChI is InChI=1S/C11H17N5O3/c1-3-12-10-9(16(17)18)11(14-6-13-10)15-8-4-5-19-7(8)2/h6-8H,3-5H2,1-2H3,(H2,12,13,14,15). The Morgan fingerprint density at radius 2 is 2.26 bits per heavy atom. The molecule has 1 aliphatic rings. The van der Waals surface area contributed by atoms with Gasteiger partial charge in [0.25, 0.3) is 0 Å². The van der Waals surface area contributed by atoms with Crippen LogP contribution in [0.4, 0.5) is 17.3 Å². The molecule has 1 aromatic rings.